The number of hydrogen-bond donors (Lipinski definition) is 0. The Kier molecular flexibility index (Phi) is 7.10. The number of halogens is 1. The van der Waals surface area contributed by atoms with E-state index < -0.39 is 5.97 Å². The Bertz CT molecular complexity index is 867. The molecule has 3 rings (SSSR count). The van der Waals surface area contributed by atoms with Gasteiger partial charge in [0.15, 0.2) is 6.61 Å². The van der Waals surface area contributed by atoms with Gasteiger partial charge in [-0.1, -0.05) is 54.1 Å². The maximum absolute atomic E-state index is 12.9. The van der Waals surface area contributed by atoms with Crippen LogP contribution in [0.25, 0.3) is 11.6 Å². The van der Waals surface area contributed by atoms with Gasteiger partial charge in [-0.05, 0) is 62.4 Å². The van der Waals surface area contributed by atoms with Gasteiger partial charge in [0.05, 0.1) is 5.57 Å². The van der Waals surface area contributed by atoms with Crippen molar-refractivity contribution in [1.82, 2.24) is 4.90 Å². The van der Waals surface area contributed by atoms with E-state index in [1.165, 1.54) is 0 Å². The third-order valence-corrected chi connectivity index (χ3v) is 5.55. The number of carbonyl (C=O) groups is 2. The minimum Gasteiger partial charge on any atom is -0.452 e. The van der Waals surface area contributed by atoms with Gasteiger partial charge in [-0.2, -0.15) is 0 Å². The van der Waals surface area contributed by atoms with Crippen molar-refractivity contribution in [3.05, 3.63) is 70.7 Å². The summed E-state index contributed by atoms with van der Waals surface area (Å²) in [5.41, 5.74) is 1.95. The van der Waals surface area contributed by atoms with Crippen LogP contribution in [0.4, 0.5) is 0 Å². The SMILES string of the molecule is CC1CCCC(C)N1C(=O)COC(=O)C(=Cc1ccccc1)c1ccc(Cl)cc1. The van der Waals surface area contributed by atoms with E-state index in [0.717, 1.165) is 24.8 Å². The molecular formula is C24H26ClNO3. The number of likely N-dealkylation sites (tertiary alicyclic amines) is 1. The van der Waals surface area contributed by atoms with Gasteiger partial charge in [0.1, 0.15) is 0 Å². The predicted molar refractivity (Wildman–Crippen MR) is 116 cm³/mol. The summed E-state index contributed by atoms with van der Waals surface area (Å²) < 4.78 is 5.44. The normalized spacial score (nSPS) is 19.7. The molecule has 0 spiro atoms. The lowest BCUT2D eigenvalue weighted by Gasteiger charge is -2.38. The molecule has 152 valence electrons. The first-order valence-corrected chi connectivity index (χ1v) is 10.3. The zero-order chi connectivity index (χ0) is 20.8. The first kappa shape index (κ1) is 21.1. The highest BCUT2D eigenvalue weighted by atomic mass is 35.5. The number of carbonyl (C=O) groups excluding carboxylic acids is 2. The number of amides is 1. The zero-order valence-electron chi connectivity index (χ0n) is 16.8. The lowest BCUT2D eigenvalue weighted by molar-refractivity contribution is -0.151. The maximum atomic E-state index is 12.9. The van der Waals surface area contributed by atoms with E-state index in [9.17, 15) is 9.59 Å². The van der Waals surface area contributed by atoms with E-state index in [1.54, 1.807) is 30.3 Å². The van der Waals surface area contributed by atoms with Crippen LogP contribution in [0.5, 0.6) is 0 Å². The highest BCUT2D eigenvalue weighted by molar-refractivity contribution is 6.30. The Morgan fingerprint density at radius 3 is 2.28 bits per heavy atom. The first-order chi connectivity index (χ1) is 14.0. The average molecular weight is 412 g/mol. The van der Waals surface area contributed by atoms with Gasteiger partial charge >= 0.3 is 5.97 Å². The van der Waals surface area contributed by atoms with Crippen molar-refractivity contribution in [2.24, 2.45) is 0 Å². The van der Waals surface area contributed by atoms with Crippen molar-refractivity contribution >= 4 is 35.1 Å². The van der Waals surface area contributed by atoms with Crippen molar-refractivity contribution in [2.75, 3.05) is 6.61 Å². The molecule has 1 saturated heterocycles. The molecule has 0 saturated carbocycles. The van der Waals surface area contributed by atoms with E-state index in [-0.39, 0.29) is 24.6 Å². The van der Waals surface area contributed by atoms with Crippen LogP contribution in [-0.4, -0.2) is 35.5 Å². The summed E-state index contributed by atoms with van der Waals surface area (Å²) in [6.07, 6.45) is 4.84. The van der Waals surface area contributed by atoms with Crippen molar-refractivity contribution in [2.45, 2.75) is 45.2 Å². The molecule has 1 fully saturated rings. The van der Waals surface area contributed by atoms with Crippen LogP contribution in [-0.2, 0) is 14.3 Å². The largest absolute Gasteiger partial charge is 0.452 e. The molecule has 0 aromatic heterocycles. The molecule has 29 heavy (non-hydrogen) atoms. The van der Waals surface area contributed by atoms with Crippen molar-refractivity contribution in [3.63, 3.8) is 0 Å². The molecule has 1 aliphatic heterocycles. The van der Waals surface area contributed by atoms with Crippen molar-refractivity contribution in [1.29, 1.82) is 0 Å². The first-order valence-electron chi connectivity index (χ1n) is 9.96. The van der Waals surface area contributed by atoms with Crippen LogP contribution in [0.3, 0.4) is 0 Å². The fraction of sp³-hybridized carbons (Fsp3) is 0.333. The standard InChI is InChI=1S/C24H26ClNO3/c1-17-7-6-8-18(2)26(17)23(27)16-29-24(28)22(15-19-9-4-3-5-10-19)20-11-13-21(25)14-12-20/h3-5,9-15,17-18H,6-8,16H2,1-2H3. The molecule has 0 aliphatic carbocycles. The monoisotopic (exact) mass is 411 g/mol. The van der Waals surface area contributed by atoms with Crippen LogP contribution in [0.1, 0.15) is 44.2 Å². The second-order valence-electron chi connectivity index (χ2n) is 7.48. The van der Waals surface area contributed by atoms with E-state index in [0.29, 0.717) is 16.2 Å². The average Bonchev–Trinajstić information content (AvgIpc) is 2.71. The molecule has 2 aromatic carbocycles. The summed E-state index contributed by atoms with van der Waals surface area (Å²) in [6.45, 7) is 3.83. The van der Waals surface area contributed by atoms with Crippen LogP contribution < -0.4 is 0 Å². The lowest BCUT2D eigenvalue weighted by Crippen LogP contribution is -2.49. The van der Waals surface area contributed by atoms with E-state index in [4.69, 9.17) is 16.3 Å². The second-order valence-corrected chi connectivity index (χ2v) is 7.92. The van der Waals surface area contributed by atoms with Crippen molar-refractivity contribution < 1.29 is 14.3 Å². The quantitative estimate of drug-likeness (QED) is 0.385. The number of esters is 1. The summed E-state index contributed by atoms with van der Waals surface area (Å²) in [7, 11) is 0. The third-order valence-electron chi connectivity index (χ3n) is 5.29. The highest BCUT2D eigenvalue weighted by Gasteiger charge is 2.29. The Labute approximate surface area is 177 Å². The van der Waals surface area contributed by atoms with E-state index in [1.807, 2.05) is 49.1 Å². The number of rotatable bonds is 5. The van der Waals surface area contributed by atoms with E-state index >= 15 is 0 Å². The van der Waals surface area contributed by atoms with Gasteiger partial charge in [-0.3, -0.25) is 4.79 Å². The second kappa shape index (κ2) is 9.75. The zero-order valence-corrected chi connectivity index (χ0v) is 17.6. The number of hydrogen-bond acceptors (Lipinski definition) is 3. The fourth-order valence-corrected chi connectivity index (χ4v) is 3.92. The summed E-state index contributed by atoms with van der Waals surface area (Å²) in [4.78, 5) is 27.4. The summed E-state index contributed by atoms with van der Waals surface area (Å²) in [5.74, 6) is -0.671. The van der Waals surface area contributed by atoms with Crippen LogP contribution in [0.15, 0.2) is 54.6 Å². The van der Waals surface area contributed by atoms with Gasteiger partial charge in [0.25, 0.3) is 5.91 Å². The van der Waals surface area contributed by atoms with Crippen LogP contribution in [0, 0.1) is 0 Å². The topological polar surface area (TPSA) is 46.6 Å². The van der Waals surface area contributed by atoms with Crippen LogP contribution >= 0.6 is 11.6 Å². The van der Waals surface area contributed by atoms with Gasteiger partial charge in [0, 0.05) is 17.1 Å². The number of nitrogens with zero attached hydrogens (tertiary/aromatic N) is 1. The molecule has 2 aromatic rings. The predicted octanol–water partition coefficient (Wildman–Crippen LogP) is 5.21. The molecular weight excluding hydrogens is 386 g/mol. The minimum absolute atomic E-state index is 0.145. The molecule has 1 amide bonds. The molecule has 0 bridgehead atoms. The maximum Gasteiger partial charge on any atom is 0.339 e. The minimum atomic E-state index is -0.526. The molecule has 4 nitrogen and oxygen atoms in total. The van der Waals surface area contributed by atoms with E-state index in [2.05, 4.69) is 0 Å². The molecule has 0 radical (unpaired) electrons. The smallest absolute Gasteiger partial charge is 0.339 e. The Hall–Kier alpha value is -2.59. The number of ether oxygens (including phenoxy) is 1. The molecule has 5 heteroatoms. The molecule has 0 N–H and O–H groups in total. The summed E-state index contributed by atoms with van der Waals surface area (Å²) >= 11 is 5.99. The number of benzene rings is 2. The van der Waals surface area contributed by atoms with Crippen LogP contribution in [0.2, 0.25) is 5.02 Å². The van der Waals surface area contributed by atoms with Gasteiger partial charge < -0.3 is 9.64 Å². The van der Waals surface area contributed by atoms with Gasteiger partial charge in [0.2, 0.25) is 0 Å². The Balaban J connectivity index is 1.77. The summed E-state index contributed by atoms with van der Waals surface area (Å²) in [5, 5.41) is 0.587. The Morgan fingerprint density at radius 1 is 1.03 bits per heavy atom. The fourth-order valence-electron chi connectivity index (χ4n) is 3.80. The highest BCUT2D eigenvalue weighted by Crippen LogP contribution is 2.24. The van der Waals surface area contributed by atoms with Crippen molar-refractivity contribution in [3.8, 4) is 0 Å². The summed E-state index contributed by atoms with van der Waals surface area (Å²) in [6, 6.07) is 16.9. The molecule has 2 unspecified atom stereocenters. The Morgan fingerprint density at radius 2 is 1.66 bits per heavy atom. The molecule has 2 atom stereocenters. The van der Waals surface area contributed by atoms with Gasteiger partial charge in [-0.25, -0.2) is 4.79 Å². The molecule has 1 heterocycles. The number of piperidine rings is 1. The third kappa shape index (κ3) is 5.48. The molecule has 1 aliphatic rings. The van der Waals surface area contributed by atoms with Gasteiger partial charge in [-0.15, -0.1) is 0 Å². The lowest BCUT2D eigenvalue weighted by atomic mass is 9.97.